The maximum absolute atomic E-state index is 13.0. The number of hydrogen-bond donors (Lipinski definition) is 0. The summed E-state index contributed by atoms with van der Waals surface area (Å²) in [4.78, 5) is 0. The van der Waals surface area contributed by atoms with Crippen molar-refractivity contribution in [1.82, 2.24) is 0 Å². The van der Waals surface area contributed by atoms with E-state index in [1.165, 1.54) is 28.6 Å². The number of sulfonamides is 1. The second-order valence-corrected chi connectivity index (χ2v) is 6.58. The molecule has 0 spiro atoms. The van der Waals surface area contributed by atoms with E-state index in [0.717, 1.165) is 17.4 Å². The smallest absolute Gasteiger partial charge is 0.232 e. The Morgan fingerprint density at radius 1 is 1.05 bits per heavy atom. The van der Waals surface area contributed by atoms with Gasteiger partial charge in [-0.1, -0.05) is 24.3 Å². The summed E-state index contributed by atoms with van der Waals surface area (Å²) in [6.45, 7) is 2.16. The highest BCUT2D eigenvalue weighted by Crippen LogP contribution is 2.22. The lowest BCUT2D eigenvalue weighted by Crippen LogP contribution is -2.29. The Balaban J connectivity index is 2.40. The van der Waals surface area contributed by atoms with Crippen molar-refractivity contribution in [3.63, 3.8) is 0 Å². The Kier molecular flexibility index (Phi) is 4.09. The van der Waals surface area contributed by atoms with Crippen LogP contribution in [-0.2, 0) is 16.6 Å². The molecule has 0 amide bonds. The van der Waals surface area contributed by atoms with Crippen molar-refractivity contribution in [2.45, 2.75) is 13.5 Å². The zero-order valence-electron chi connectivity index (χ0n) is 11.4. The van der Waals surface area contributed by atoms with Gasteiger partial charge in [-0.3, -0.25) is 4.31 Å². The first kappa shape index (κ1) is 14.5. The monoisotopic (exact) mass is 293 g/mol. The van der Waals surface area contributed by atoms with Crippen LogP contribution in [0.3, 0.4) is 0 Å². The molecule has 5 heteroatoms. The largest absolute Gasteiger partial charge is 0.266 e. The van der Waals surface area contributed by atoms with Gasteiger partial charge >= 0.3 is 0 Å². The van der Waals surface area contributed by atoms with Gasteiger partial charge in [0.15, 0.2) is 0 Å². The summed E-state index contributed by atoms with van der Waals surface area (Å²) in [5.74, 6) is -0.391. The molecule has 20 heavy (non-hydrogen) atoms. The van der Waals surface area contributed by atoms with E-state index in [9.17, 15) is 12.8 Å². The Morgan fingerprint density at radius 2 is 1.65 bits per heavy atom. The molecule has 2 aromatic rings. The van der Waals surface area contributed by atoms with Crippen molar-refractivity contribution >= 4 is 15.7 Å². The number of hydrogen-bond acceptors (Lipinski definition) is 2. The highest BCUT2D eigenvalue weighted by Gasteiger charge is 2.18. The lowest BCUT2D eigenvalue weighted by Gasteiger charge is -2.23. The van der Waals surface area contributed by atoms with Crippen LogP contribution in [-0.4, -0.2) is 14.7 Å². The van der Waals surface area contributed by atoms with Gasteiger partial charge in [0.2, 0.25) is 10.0 Å². The molecular weight excluding hydrogens is 277 g/mol. The summed E-state index contributed by atoms with van der Waals surface area (Å²) >= 11 is 0. The molecule has 0 aliphatic rings. The minimum Gasteiger partial charge on any atom is -0.266 e. The average molecular weight is 293 g/mol. The van der Waals surface area contributed by atoms with Crippen LogP contribution in [0, 0.1) is 12.7 Å². The van der Waals surface area contributed by atoms with Crippen LogP contribution in [0.5, 0.6) is 0 Å². The minimum absolute atomic E-state index is 0.233. The topological polar surface area (TPSA) is 37.4 Å². The highest BCUT2D eigenvalue weighted by atomic mass is 32.2. The molecule has 2 aromatic carbocycles. The summed E-state index contributed by atoms with van der Waals surface area (Å²) < 4.78 is 38.2. The summed E-state index contributed by atoms with van der Waals surface area (Å²) in [6, 6.07) is 13.0. The molecule has 2 rings (SSSR count). The molecule has 106 valence electrons. The van der Waals surface area contributed by atoms with E-state index in [1.807, 2.05) is 31.2 Å². The zero-order valence-corrected chi connectivity index (χ0v) is 12.2. The van der Waals surface area contributed by atoms with Crippen molar-refractivity contribution in [2.75, 3.05) is 10.6 Å². The molecule has 0 aliphatic heterocycles. The molecule has 0 saturated carbocycles. The van der Waals surface area contributed by atoms with Gasteiger partial charge in [-0.2, -0.15) is 0 Å². The third kappa shape index (κ3) is 3.36. The Labute approximate surface area is 118 Å². The van der Waals surface area contributed by atoms with E-state index >= 15 is 0 Å². The minimum atomic E-state index is -3.43. The number of anilines is 1. The first-order chi connectivity index (χ1) is 9.38. The summed E-state index contributed by atoms with van der Waals surface area (Å²) in [5, 5.41) is 0. The molecule has 0 heterocycles. The second-order valence-electron chi connectivity index (χ2n) is 4.67. The van der Waals surface area contributed by atoms with Crippen LogP contribution in [0.15, 0.2) is 48.5 Å². The van der Waals surface area contributed by atoms with E-state index in [4.69, 9.17) is 0 Å². The van der Waals surface area contributed by atoms with Gasteiger partial charge in [-0.15, -0.1) is 0 Å². The molecule has 0 unspecified atom stereocenters. The molecule has 0 saturated heterocycles. The van der Waals surface area contributed by atoms with Crippen molar-refractivity contribution in [3.8, 4) is 0 Å². The summed E-state index contributed by atoms with van der Waals surface area (Å²) in [7, 11) is -3.43. The van der Waals surface area contributed by atoms with Gasteiger partial charge < -0.3 is 0 Å². The SMILES string of the molecule is Cc1ccccc1CN(c1ccc(F)cc1)S(C)(=O)=O. The maximum atomic E-state index is 13.0. The van der Waals surface area contributed by atoms with Crippen LogP contribution in [0.25, 0.3) is 0 Å². The Morgan fingerprint density at radius 3 is 2.20 bits per heavy atom. The first-order valence-corrected chi connectivity index (χ1v) is 8.00. The molecule has 0 aromatic heterocycles. The van der Waals surface area contributed by atoms with E-state index in [1.54, 1.807) is 0 Å². The Hall–Kier alpha value is -1.88. The van der Waals surface area contributed by atoms with Gasteiger partial charge in [0.25, 0.3) is 0 Å². The predicted molar refractivity (Wildman–Crippen MR) is 78.6 cm³/mol. The molecule has 3 nitrogen and oxygen atoms in total. The van der Waals surface area contributed by atoms with Crippen LogP contribution < -0.4 is 4.31 Å². The van der Waals surface area contributed by atoms with Gasteiger partial charge in [0.1, 0.15) is 5.82 Å². The van der Waals surface area contributed by atoms with Gasteiger partial charge in [0.05, 0.1) is 18.5 Å². The Bertz CT molecular complexity index is 696. The van der Waals surface area contributed by atoms with E-state index in [-0.39, 0.29) is 6.54 Å². The third-order valence-corrected chi connectivity index (χ3v) is 4.23. The maximum Gasteiger partial charge on any atom is 0.232 e. The fraction of sp³-hybridized carbons (Fsp3) is 0.200. The normalized spacial score (nSPS) is 11.3. The van der Waals surface area contributed by atoms with Crippen LogP contribution >= 0.6 is 0 Å². The van der Waals surface area contributed by atoms with Crippen LogP contribution in [0.1, 0.15) is 11.1 Å². The van der Waals surface area contributed by atoms with Crippen molar-refractivity contribution in [3.05, 3.63) is 65.5 Å². The number of halogens is 1. The molecule has 0 bridgehead atoms. The summed E-state index contributed by atoms with van der Waals surface area (Å²) in [6.07, 6.45) is 1.15. The van der Waals surface area contributed by atoms with Crippen molar-refractivity contribution in [1.29, 1.82) is 0 Å². The molecular formula is C15H16FNO2S. The number of rotatable bonds is 4. The lowest BCUT2D eigenvalue weighted by atomic mass is 10.1. The summed E-state index contributed by atoms with van der Waals surface area (Å²) in [5.41, 5.74) is 2.39. The molecule has 0 fully saturated rings. The van der Waals surface area contributed by atoms with Gasteiger partial charge in [0, 0.05) is 0 Å². The molecule has 0 radical (unpaired) electrons. The standard InChI is InChI=1S/C15H16FNO2S/c1-12-5-3-4-6-13(12)11-17(20(2,18)19)15-9-7-14(16)8-10-15/h3-10H,11H2,1-2H3. The number of aryl methyl sites for hydroxylation is 1. The highest BCUT2D eigenvalue weighted by molar-refractivity contribution is 7.92. The quantitative estimate of drug-likeness (QED) is 0.868. The molecule has 0 N–H and O–H groups in total. The molecule has 0 aliphatic carbocycles. The van der Waals surface area contributed by atoms with E-state index in [0.29, 0.717) is 5.69 Å². The van der Waals surface area contributed by atoms with E-state index in [2.05, 4.69) is 0 Å². The van der Waals surface area contributed by atoms with Crippen LogP contribution in [0.4, 0.5) is 10.1 Å². The number of nitrogens with zero attached hydrogens (tertiary/aromatic N) is 1. The van der Waals surface area contributed by atoms with Crippen molar-refractivity contribution in [2.24, 2.45) is 0 Å². The van der Waals surface area contributed by atoms with Crippen molar-refractivity contribution < 1.29 is 12.8 Å². The lowest BCUT2D eigenvalue weighted by molar-refractivity contribution is 0.596. The predicted octanol–water partition coefficient (Wildman–Crippen LogP) is 3.10. The molecule has 0 atom stereocenters. The van der Waals surface area contributed by atoms with Gasteiger partial charge in [-0.25, -0.2) is 12.8 Å². The fourth-order valence-corrected chi connectivity index (χ4v) is 2.83. The van der Waals surface area contributed by atoms with Crippen LogP contribution in [0.2, 0.25) is 0 Å². The number of benzene rings is 2. The zero-order chi connectivity index (χ0) is 14.8. The van der Waals surface area contributed by atoms with E-state index < -0.39 is 15.8 Å². The fourth-order valence-electron chi connectivity index (χ4n) is 1.95. The second kappa shape index (κ2) is 5.63. The average Bonchev–Trinajstić information content (AvgIpc) is 2.38. The van der Waals surface area contributed by atoms with Gasteiger partial charge in [-0.05, 0) is 42.3 Å². The third-order valence-electron chi connectivity index (χ3n) is 3.09. The first-order valence-electron chi connectivity index (χ1n) is 6.16.